The average Bonchev–Trinajstić information content (AvgIpc) is 3.15. The van der Waals surface area contributed by atoms with Crippen LogP contribution < -0.4 is 15.8 Å². The maximum absolute atomic E-state index is 13.3. The van der Waals surface area contributed by atoms with E-state index in [9.17, 15) is 18.5 Å². The summed E-state index contributed by atoms with van der Waals surface area (Å²) in [7, 11) is 7.80. The summed E-state index contributed by atoms with van der Waals surface area (Å²) >= 11 is 0. The van der Waals surface area contributed by atoms with Crippen molar-refractivity contribution in [3.63, 3.8) is 0 Å². The fourth-order valence-electron chi connectivity index (χ4n) is 3.30. The molecule has 3 heterocycles. The van der Waals surface area contributed by atoms with Gasteiger partial charge in [0.1, 0.15) is 33.5 Å². The van der Waals surface area contributed by atoms with Gasteiger partial charge in [-0.25, -0.2) is 13.8 Å². The van der Waals surface area contributed by atoms with Crippen molar-refractivity contribution < 1.29 is 27.3 Å². The van der Waals surface area contributed by atoms with E-state index in [1.54, 1.807) is 6.92 Å². The highest BCUT2D eigenvalue weighted by Gasteiger charge is 2.46. The molecule has 0 aliphatic carbocycles. The van der Waals surface area contributed by atoms with Gasteiger partial charge in [-0.3, -0.25) is 23.4 Å². The molecule has 9 nitrogen and oxygen atoms in total. The van der Waals surface area contributed by atoms with Crippen LogP contribution in [0, 0.1) is 12.7 Å². The fraction of sp³-hybridized carbons (Fsp3) is 0.412. The second kappa shape index (κ2) is 7.53. The quantitative estimate of drug-likeness (QED) is 0.575. The second-order valence-corrected chi connectivity index (χ2v) is 8.66. The molecule has 0 saturated carbocycles. The van der Waals surface area contributed by atoms with Crippen molar-refractivity contribution in [2.75, 3.05) is 0 Å². The van der Waals surface area contributed by atoms with E-state index >= 15 is 0 Å². The molecule has 0 spiro atoms. The zero-order chi connectivity index (χ0) is 21.7. The monoisotopic (exact) mass is 432 g/mol. The Morgan fingerprint density at radius 2 is 2.10 bits per heavy atom. The van der Waals surface area contributed by atoms with Crippen molar-refractivity contribution in [1.82, 2.24) is 9.55 Å². The summed E-state index contributed by atoms with van der Waals surface area (Å²) in [5.74, 6) is -0.369. The molecule has 13 heteroatoms. The van der Waals surface area contributed by atoms with Crippen LogP contribution in [0.4, 0.5) is 4.39 Å². The number of fused-ring (bicyclic) bond motifs is 1. The summed E-state index contributed by atoms with van der Waals surface area (Å²) in [6.07, 6.45) is 0.253. The standard InChI is InChI=1S/C17H16B2FN2O7P/c1-9-7-22(16(24)21-15(9)23)14-5-4-13(27-14)17(18,19)29-30(25)26-8-10-6-11(20)2-3-12(10)28-30/h2-3,6-7,13-14H,4-5,8H2,1H3,(H,21,23,24). The van der Waals surface area contributed by atoms with Crippen LogP contribution in [0.5, 0.6) is 5.75 Å². The topological polar surface area (TPSA) is 109 Å². The molecule has 2 aromatic rings. The number of hydrogen-bond donors (Lipinski definition) is 1. The summed E-state index contributed by atoms with van der Waals surface area (Å²) < 4.78 is 48.8. The molecule has 3 unspecified atom stereocenters. The number of phosphoric ester groups is 1. The highest BCUT2D eigenvalue weighted by molar-refractivity contribution is 7.49. The van der Waals surface area contributed by atoms with Gasteiger partial charge in [-0.15, -0.1) is 0 Å². The summed E-state index contributed by atoms with van der Waals surface area (Å²) in [6, 6.07) is 3.62. The van der Waals surface area contributed by atoms with E-state index in [0.717, 1.165) is 6.07 Å². The minimum Gasteiger partial charge on any atom is -0.404 e. The molecule has 4 rings (SSSR count). The Labute approximate surface area is 172 Å². The third kappa shape index (κ3) is 4.05. The predicted molar refractivity (Wildman–Crippen MR) is 104 cm³/mol. The van der Waals surface area contributed by atoms with Crippen molar-refractivity contribution in [3.8, 4) is 5.75 Å². The molecule has 0 amide bonds. The first-order chi connectivity index (χ1) is 14.1. The predicted octanol–water partition coefficient (Wildman–Crippen LogP) is 1.39. The second-order valence-electron chi connectivity index (χ2n) is 7.14. The van der Waals surface area contributed by atoms with Crippen LogP contribution in [0.2, 0.25) is 0 Å². The number of nitrogens with zero attached hydrogens (tertiary/aromatic N) is 1. The van der Waals surface area contributed by atoms with Gasteiger partial charge in [0.15, 0.2) is 0 Å². The molecule has 1 fully saturated rings. The minimum absolute atomic E-state index is 0.127. The van der Waals surface area contributed by atoms with Crippen molar-refractivity contribution in [2.45, 2.75) is 44.1 Å². The van der Waals surface area contributed by atoms with Gasteiger partial charge in [0.25, 0.3) is 5.56 Å². The lowest BCUT2D eigenvalue weighted by Gasteiger charge is -2.36. The number of nitrogens with one attached hydrogen (secondary N) is 1. The molecule has 1 aromatic carbocycles. The number of rotatable bonds is 4. The number of aryl methyl sites for hydroxylation is 1. The number of aromatic amines is 1. The van der Waals surface area contributed by atoms with Crippen molar-refractivity contribution in [3.05, 3.63) is 62.2 Å². The number of hydrogen-bond acceptors (Lipinski definition) is 7. The first kappa shape index (κ1) is 21.1. The molecule has 2 aliphatic rings. The Morgan fingerprint density at radius 3 is 2.87 bits per heavy atom. The van der Waals surface area contributed by atoms with Crippen LogP contribution in [0.3, 0.4) is 0 Å². The summed E-state index contributed by atoms with van der Waals surface area (Å²) in [5, 5.41) is -2.08. The number of aromatic nitrogens is 2. The van der Waals surface area contributed by atoms with E-state index in [2.05, 4.69) is 4.98 Å². The molecule has 1 aromatic heterocycles. The molecule has 1 N–H and O–H groups in total. The van der Waals surface area contributed by atoms with Crippen LogP contribution in [0.15, 0.2) is 34.0 Å². The number of ether oxygens (including phenoxy) is 1. The number of halogens is 1. The summed E-state index contributed by atoms with van der Waals surface area (Å²) in [5.41, 5.74) is -0.457. The Bertz CT molecular complexity index is 1150. The summed E-state index contributed by atoms with van der Waals surface area (Å²) in [6.45, 7) is 1.33. The van der Waals surface area contributed by atoms with Crippen LogP contribution in [-0.4, -0.2) is 36.7 Å². The molecule has 3 atom stereocenters. The Balaban J connectivity index is 1.49. The fourth-order valence-corrected chi connectivity index (χ4v) is 4.66. The first-order valence-corrected chi connectivity index (χ1v) is 10.5. The van der Waals surface area contributed by atoms with Gasteiger partial charge >= 0.3 is 13.5 Å². The zero-order valence-electron chi connectivity index (χ0n) is 15.9. The van der Waals surface area contributed by atoms with E-state index < -0.39 is 42.6 Å². The van der Waals surface area contributed by atoms with Crippen molar-refractivity contribution in [2.24, 2.45) is 0 Å². The van der Waals surface area contributed by atoms with E-state index in [1.807, 2.05) is 0 Å². The van der Waals surface area contributed by atoms with E-state index in [0.29, 0.717) is 17.5 Å². The highest BCUT2D eigenvalue weighted by atomic mass is 31.2. The van der Waals surface area contributed by atoms with Crippen molar-refractivity contribution in [1.29, 1.82) is 0 Å². The van der Waals surface area contributed by atoms with Gasteiger partial charge in [0, 0.05) is 22.7 Å². The molecular formula is C17H16B2FN2O7P. The zero-order valence-corrected chi connectivity index (χ0v) is 16.8. The SMILES string of the molecule is [B]C([B])(OP1(=O)OCc2cc(F)ccc2O1)C1CCC(n2cc(C)c(=O)[nH]c2=O)O1. The van der Waals surface area contributed by atoms with Crippen molar-refractivity contribution >= 4 is 23.5 Å². The largest absolute Gasteiger partial charge is 0.529 e. The molecule has 2 aliphatic heterocycles. The van der Waals surface area contributed by atoms with Gasteiger partial charge < -0.3 is 9.26 Å². The molecule has 0 bridgehead atoms. The number of benzene rings is 1. The Kier molecular flexibility index (Phi) is 5.30. The first-order valence-electron chi connectivity index (χ1n) is 9.05. The maximum atomic E-state index is 13.3. The lowest BCUT2D eigenvalue weighted by atomic mass is 9.61. The van der Waals surface area contributed by atoms with Gasteiger partial charge in [-0.1, -0.05) is 0 Å². The molecule has 30 heavy (non-hydrogen) atoms. The van der Waals surface area contributed by atoms with E-state index in [1.165, 1.54) is 22.9 Å². The lowest BCUT2D eigenvalue weighted by Crippen LogP contribution is -2.46. The smallest absolute Gasteiger partial charge is 0.404 e. The molecule has 154 valence electrons. The molecule has 1 saturated heterocycles. The normalized spacial score (nSPS) is 26.2. The van der Waals surface area contributed by atoms with E-state index in [4.69, 9.17) is 34.0 Å². The van der Waals surface area contributed by atoms with Crippen LogP contribution >= 0.6 is 7.82 Å². The third-order valence-corrected chi connectivity index (χ3v) is 6.24. The number of phosphoric acid groups is 1. The average molecular weight is 432 g/mol. The highest BCUT2D eigenvalue weighted by Crippen LogP contribution is 2.57. The van der Waals surface area contributed by atoms with Gasteiger partial charge in [0.2, 0.25) is 0 Å². The van der Waals surface area contributed by atoms with Gasteiger partial charge in [-0.05, 0) is 38.0 Å². The minimum atomic E-state index is -4.22. The number of H-pyrrole nitrogens is 1. The molecular weight excluding hydrogens is 416 g/mol. The summed E-state index contributed by atoms with van der Waals surface area (Å²) in [4.78, 5) is 25.8. The Morgan fingerprint density at radius 1 is 1.33 bits per heavy atom. The Hall–Kier alpha value is -2.13. The lowest BCUT2D eigenvalue weighted by molar-refractivity contribution is -0.0515. The maximum Gasteiger partial charge on any atom is 0.529 e. The van der Waals surface area contributed by atoms with E-state index in [-0.39, 0.29) is 18.8 Å². The van der Waals surface area contributed by atoms with Gasteiger partial charge in [-0.2, -0.15) is 0 Å². The van der Waals surface area contributed by atoms with Crippen LogP contribution in [-0.2, 0) is 25.0 Å². The molecule has 4 radical (unpaired) electrons. The third-order valence-electron chi connectivity index (χ3n) is 4.84. The van der Waals surface area contributed by atoms with Crippen LogP contribution in [0.1, 0.15) is 30.2 Å². The van der Waals surface area contributed by atoms with Gasteiger partial charge in [0.05, 0.1) is 12.7 Å². The van der Waals surface area contributed by atoms with Crippen LogP contribution in [0.25, 0.3) is 0 Å².